The molecule has 0 aliphatic carbocycles. The zero-order valence-corrected chi connectivity index (χ0v) is 23.3. The van der Waals surface area contributed by atoms with Gasteiger partial charge in [0, 0.05) is 40.4 Å². The van der Waals surface area contributed by atoms with Gasteiger partial charge in [0.1, 0.15) is 23.4 Å². The first-order chi connectivity index (χ1) is 19.6. The van der Waals surface area contributed by atoms with Crippen molar-refractivity contribution in [1.82, 2.24) is 34.7 Å². The van der Waals surface area contributed by atoms with E-state index in [9.17, 15) is 14.4 Å². The fourth-order valence-electron chi connectivity index (χ4n) is 5.13. The Bertz CT molecular complexity index is 1870. The highest BCUT2D eigenvalue weighted by atomic mass is 35.5. The first-order valence-corrected chi connectivity index (χ1v) is 13.5. The number of hydrogen-bond acceptors (Lipinski definition) is 8. The molecule has 4 heterocycles. The number of rotatable bonds is 6. The summed E-state index contributed by atoms with van der Waals surface area (Å²) in [5.74, 6) is 0.0133. The lowest BCUT2D eigenvalue weighted by Gasteiger charge is -2.18. The van der Waals surface area contributed by atoms with Gasteiger partial charge in [-0.1, -0.05) is 17.7 Å². The highest BCUT2D eigenvalue weighted by Crippen LogP contribution is 2.31. The summed E-state index contributed by atoms with van der Waals surface area (Å²) in [6, 6.07) is 13.2. The van der Waals surface area contributed by atoms with Crippen molar-refractivity contribution in [2.24, 2.45) is 0 Å². The number of carbonyl (C=O) groups excluding carboxylic acids is 2. The van der Waals surface area contributed by atoms with Crippen LogP contribution in [-0.4, -0.2) is 52.1 Å². The summed E-state index contributed by atoms with van der Waals surface area (Å²) in [6.45, 7) is 5.43. The Morgan fingerprint density at radius 2 is 1.95 bits per heavy atom. The summed E-state index contributed by atoms with van der Waals surface area (Å²) >= 11 is 6.26. The second-order valence-electron chi connectivity index (χ2n) is 11.0. The molecule has 6 rings (SSSR count). The molecule has 41 heavy (non-hydrogen) atoms. The lowest BCUT2D eigenvalue weighted by Crippen LogP contribution is -2.29. The van der Waals surface area contributed by atoms with Crippen molar-refractivity contribution in [2.45, 2.75) is 51.7 Å². The quantitative estimate of drug-likeness (QED) is 0.298. The number of hydrogen-bond donors (Lipinski definition) is 1. The van der Waals surface area contributed by atoms with Gasteiger partial charge in [0.05, 0.1) is 17.4 Å². The minimum absolute atomic E-state index is 0.0835. The molecule has 0 fully saturated rings. The van der Waals surface area contributed by atoms with Gasteiger partial charge in [-0.15, -0.1) is 5.10 Å². The Kier molecular flexibility index (Phi) is 6.53. The Hall–Kier alpha value is -4.64. The summed E-state index contributed by atoms with van der Waals surface area (Å²) < 4.78 is 8.41. The number of aryl methyl sites for hydroxylation is 1. The molecule has 1 N–H and O–H groups in total. The molecule has 12 heteroatoms. The first kappa shape index (κ1) is 26.6. The lowest BCUT2D eigenvalue weighted by atomic mass is 10.0. The molecule has 1 aliphatic rings. The Balaban J connectivity index is 1.25. The molecule has 0 saturated carbocycles. The summed E-state index contributed by atoms with van der Waals surface area (Å²) in [4.78, 5) is 47.1. The molecule has 2 aromatic carbocycles. The van der Waals surface area contributed by atoms with Crippen molar-refractivity contribution >= 4 is 34.3 Å². The third-order valence-electron chi connectivity index (χ3n) is 6.86. The van der Waals surface area contributed by atoms with Gasteiger partial charge in [0.15, 0.2) is 5.78 Å². The van der Waals surface area contributed by atoms with E-state index in [4.69, 9.17) is 21.3 Å². The predicted octanol–water partition coefficient (Wildman–Crippen LogP) is 4.28. The minimum atomic E-state index is -0.614. The van der Waals surface area contributed by atoms with Crippen LogP contribution in [0.25, 0.3) is 27.8 Å². The van der Waals surface area contributed by atoms with Crippen LogP contribution in [0.5, 0.6) is 0 Å². The van der Waals surface area contributed by atoms with Crippen molar-refractivity contribution in [3.8, 4) is 16.9 Å². The van der Waals surface area contributed by atoms with E-state index >= 15 is 0 Å². The van der Waals surface area contributed by atoms with Gasteiger partial charge in [-0.05, 0) is 79.6 Å². The van der Waals surface area contributed by atoms with Crippen LogP contribution in [0.2, 0.25) is 5.02 Å². The molecule has 0 saturated heterocycles. The SMILES string of the molecule is CC(C)(C)OC(=O)c1cc2cc(CC(=O)C3CCc4nc(-c5cc(Cl)ccc5-n5cnnn5)cc(=O)n43)ccc2[nH]1. The van der Waals surface area contributed by atoms with Crippen LogP contribution >= 0.6 is 11.6 Å². The maximum Gasteiger partial charge on any atom is 0.355 e. The number of ketones is 1. The third-order valence-corrected chi connectivity index (χ3v) is 7.10. The fourth-order valence-corrected chi connectivity index (χ4v) is 5.30. The second kappa shape index (κ2) is 10.1. The standard InChI is InChI=1S/C29H26ClN7O4/c1-29(2,3)41-28(40)22-12-17-10-16(4-6-20(17)32-22)11-25(38)24-8-9-26-33-21(14-27(39)37(24)26)19-13-18(30)5-7-23(19)36-15-31-34-35-36/h4-7,10,12-15,24,32H,8-9,11H2,1-3H3. The number of fused-ring (bicyclic) bond motifs is 2. The molecule has 1 unspecified atom stereocenters. The Morgan fingerprint density at radius 1 is 1.12 bits per heavy atom. The van der Waals surface area contributed by atoms with Gasteiger partial charge in [-0.25, -0.2) is 9.78 Å². The van der Waals surface area contributed by atoms with Crippen LogP contribution in [0.4, 0.5) is 0 Å². The molecule has 208 valence electrons. The number of ether oxygens (including phenoxy) is 1. The fraction of sp³-hybridized carbons (Fsp3) is 0.276. The van der Waals surface area contributed by atoms with Crippen molar-refractivity contribution in [1.29, 1.82) is 0 Å². The first-order valence-electron chi connectivity index (χ1n) is 13.1. The van der Waals surface area contributed by atoms with Gasteiger partial charge in [0.25, 0.3) is 5.56 Å². The van der Waals surface area contributed by atoms with E-state index in [-0.39, 0.29) is 17.8 Å². The van der Waals surface area contributed by atoms with Gasteiger partial charge in [0.2, 0.25) is 0 Å². The topological polar surface area (TPSA) is 138 Å². The summed E-state index contributed by atoms with van der Waals surface area (Å²) in [7, 11) is 0. The molecule has 0 bridgehead atoms. The maximum absolute atomic E-state index is 13.4. The number of esters is 1. The number of benzene rings is 2. The molecule has 5 aromatic rings. The molecule has 1 atom stereocenters. The van der Waals surface area contributed by atoms with Crippen LogP contribution in [0.3, 0.4) is 0 Å². The second-order valence-corrected chi connectivity index (χ2v) is 11.4. The third kappa shape index (κ3) is 5.28. The Labute approximate surface area is 239 Å². The smallest absolute Gasteiger partial charge is 0.355 e. The van der Waals surface area contributed by atoms with Gasteiger partial charge < -0.3 is 9.72 Å². The van der Waals surface area contributed by atoms with E-state index in [1.54, 1.807) is 24.3 Å². The van der Waals surface area contributed by atoms with Gasteiger partial charge >= 0.3 is 5.97 Å². The highest BCUT2D eigenvalue weighted by Gasteiger charge is 2.31. The van der Waals surface area contributed by atoms with E-state index in [2.05, 4.69) is 20.5 Å². The number of aromatic nitrogens is 7. The number of aromatic amines is 1. The minimum Gasteiger partial charge on any atom is -0.455 e. The van der Waals surface area contributed by atoms with E-state index in [1.165, 1.54) is 21.6 Å². The number of H-pyrrole nitrogens is 1. The maximum atomic E-state index is 13.4. The van der Waals surface area contributed by atoms with Crippen molar-refractivity contribution in [2.75, 3.05) is 0 Å². The summed E-state index contributed by atoms with van der Waals surface area (Å²) in [5, 5.41) is 12.6. The molecular weight excluding hydrogens is 546 g/mol. The molecule has 0 radical (unpaired) electrons. The monoisotopic (exact) mass is 571 g/mol. The molecular formula is C29H26ClN7O4. The van der Waals surface area contributed by atoms with Crippen LogP contribution in [0, 0.1) is 0 Å². The summed E-state index contributed by atoms with van der Waals surface area (Å²) in [5.41, 5.74) is 2.63. The van der Waals surface area contributed by atoms with Crippen LogP contribution in [0.15, 0.2) is 59.7 Å². The number of halogens is 1. The molecule has 0 spiro atoms. The number of Topliss-reactive ketones (excluding diaryl/α,β-unsaturated/α-hetero) is 1. The average molecular weight is 572 g/mol. The number of nitrogens with zero attached hydrogens (tertiary/aromatic N) is 6. The Morgan fingerprint density at radius 3 is 2.71 bits per heavy atom. The molecule has 0 amide bonds. The zero-order chi connectivity index (χ0) is 28.9. The van der Waals surface area contributed by atoms with Crippen molar-refractivity contribution < 1.29 is 14.3 Å². The average Bonchev–Trinajstić information content (AvgIpc) is 3.67. The van der Waals surface area contributed by atoms with Crippen LogP contribution in [0.1, 0.15) is 55.1 Å². The zero-order valence-electron chi connectivity index (χ0n) is 22.6. The number of tetrazole rings is 1. The van der Waals surface area contributed by atoms with Crippen molar-refractivity contribution in [3.63, 3.8) is 0 Å². The van der Waals surface area contributed by atoms with Gasteiger partial charge in [-0.3, -0.25) is 14.2 Å². The largest absolute Gasteiger partial charge is 0.455 e. The van der Waals surface area contributed by atoms with Gasteiger partial charge in [-0.2, -0.15) is 4.68 Å². The molecule has 11 nitrogen and oxygen atoms in total. The molecule has 1 aliphatic heterocycles. The van der Waals surface area contributed by atoms with E-state index in [0.717, 1.165) is 16.5 Å². The van der Waals surface area contributed by atoms with Crippen molar-refractivity contribution in [3.05, 3.63) is 87.3 Å². The highest BCUT2D eigenvalue weighted by molar-refractivity contribution is 6.31. The van der Waals surface area contributed by atoms with Crippen LogP contribution < -0.4 is 5.56 Å². The van der Waals surface area contributed by atoms with E-state index < -0.39 is 17.6 Å². The predicted molar refractivity (Wildman–Crippen MR) is 151 cm³/mol. The molecule has 3 aromatic heterocycles. The lowest BCUT2D eigenvalue weighted by molar-refractivity contribution is -0.121. The summed E-state index contributed by atoms with van der Waals surface area (Å²) in [6.07, 6.45) is 2.55. The normalized spacial score (nSPS) is 14.8. The van der Waals surface area contributed by atoms with E-state index in [0.29, 0.717) is 46.3 Å². The van der Waals surface area contributed by atoms with Crippen LogP contribution in [-0.2, 0) is 22.4 Å². The van der Waals surface area contributed by atoms with E-state index in [1.807, 2.05) is 39.0 Å². The number of nitrogens with one attached hydrogen (secondary N) is 1. The number of carbonyl (C=O) groups is 2.